The topological polar surface area (TPSA) is 44.9 Å². The van der Waals surface area contributed by atoms with Crippen molar-refractivity contribution in [3.05, 3.63) is 18.0 Å². The molecule has 1 aliphatic heterocycles. The van der Waals surface area contributed by atoms with Crippen molar-refractivity contribution in [1.82, 2.24) is 14.7 Å². The SMILES string of the molecule is CN1CCCC1Cn1cc(C#N)cn1. The molecule has 1 aromatic rings. The Hall–Kier alpha value is -1.34. The maximum absolute atomic E-state index is 8.65. The van der Waals surface area contributed by atoms with Crippen LogP contribution in [0.4, 0.5) is 0 Å². The molecule has 1 aliphatic rings. The first kappa shape index (κ1) is 9.22. The first-order valence-electron chi connectivity index (χ1n) is 4.92. The van der Waals surface area contributed by atoms with Gasteiger partial charge in [-0.25, -0.2) is 0 Å². The molecule has 1 saturated heterocycles. The van der Waals surface area contributed by atoms with Crippen molar-refractivity contribution in [2.75, 3.05) is 13.6 Å². The van der Waals surface area contributed by atoms with E-state index in [1.54, 1.807) is 6.20 Å². The molecule has 2 rings (SSSR count). The molecule has 4 nitrogen and oxygen atoms in total. The number of nitriles is 1. The van der Waals surface area contributed by atoms with Gasteiger partial charge in [0, 0.05) is 12.2 Å². The molecule has 1 atom stereocenters. The third-order valence-electron chi connectivity index (χ3n) is 2.83. The van der Waals surface area contributed by atoms with Crippen molar-refractivity contribution >= 4 is 0 Å². The highest BCUT2D eigenvalue weighted by Crippen LogP contribution is 2.16. The fraction of sp³-hybridized carbons (Fsp3) is 0.600. The highest BCUT2D eigenvalue weighted by Gasteiger charge is 2.21. The lowest BCUT2D eigenvalue weighted by Gasteiger charge is -2.18. The summed E-state index contributed by atoms with van der Waals surface area (Å²) in [6.07, 6.45) is 5.94. The second-order valence-electron chi connectivity index (χ2n) is 3.84. The lowest BCUT2D eigenvalue weighted by Crippen LogP contribution is -2.29. The maximum atomic E-state index is 8.65. The largest absolute Gasteiger partial charge is 0.302 e. The standard InChI is InChI=1S/C10H14N4/c1-13-4-2-3-10(13)8-14-7-9(5-11)6-12-14/h6-7,10H,2-4,8H2,1H3. The molecule has 1 fully saturated rings. The first-order chi connectivity index (χ1) is 6.79. The molecule has 0 N–H and O–H groups in total. The van der Waals surface area contributed by atoms with Crippen molar-refractivity contribution < 1.29 is 0 Å². The molecule has 0 aromatic carbocycles. The van der Waals surface area contributed by atoms with Gasteiger partial charge in [-0.3, -0.25) is 4.68 Å². The van der Waals surface area contributed by atoms with E-state index in [-0.39, 0.29) is 0 Å². The molecule has 1 aromatic heterocycles. The zero-order chi connectivity index (χ0) is 9.97. The van der Waals surface area contributed by atoms with Crippen molar-refractivity contribution in [2.24, 2.45) is 0 Å². The Morgan fingerprint density at radius 1 is 1.71 bits per heavy atom. The monoisotopic (exact) mass is 190 g/mol. The van der Waals surface area contributed by atoms with Gasteiger partial charge in [0.1, 0.15) is 6.07 Å². The van der Waals surface area contributed by atoms with Crippen molar-refractivity contribution in [1.29, 1.82) is 5.26 Å². The molecule has 2 heterocycles. The van der Waals surface area contributed by atoms with Gasteiger partial charge in [0.25, 0.3) is 0 Å². The van der Waals surface area contributed by atoms with Gasteiger partial charge in [-0.2, -0.15) is 10.4 Å². The minimum Gasteiger partial charge on any atom is -0.302 e. The molecule has 74 valence electrons. The van der Waals surface area contributed by atoms with Crippen molar-refractivity contribution in [3.63, 3.8) is 0 Å². The van der Waals surface area contributed by atoms with Gasteiger partial charge in [0.05, 0.1) is 18.3 Å². The van der Waals surface area contributed by atoms with Crippen LogP contribution in [0.3, 0.4) is 0 Å². The third-order valence-corrected chi connectivity index (χ3v) is 2.83. The van der Waals surface area contributed by atoms with E-state index in [1.165, 1.54) is 19.4 Å². The lowest BCUT2D eigenvalue weighted by atomic mass is 10.2. The summed E-state index contributed by atoms with van der Waals surface area (Å²) < 4.78 is 1.87. The minimum atomic E-state index is 0.585. The Bertz CT molecular complexity index is 349. The van der Waals surface area contributed by atoms with E-state index < -0.39 is 0 Å². The van der Waals surface area contributed by atoms with Gasteiger partial charge >= 0.3 is 0 Å². The van der Waals surface area contributed by atoms with Crippen LogP contribution in [-0.2, 0) is 6.54 Å². The summed E-state index contributed by atoms with van der Waals surface area (Å²) in [5.41, 5.74) is 0.644. The van der Waals surface area contributed by atoms with Crippen LogP contribution in [-0.4, -0.2) is 34.3 Å². The number of likely N-dealkylation sites (tertiary alicyclic amines) is 1. The molecule has 0 spiro atoms. The van der Waals surface area contributed by atoms with E-state index >= 15 is 0 Å². The highest BCUT2D eigenvalue weighted by atomic mass is 15.3. The molecule has 0 bridgehead atoms. The number of nitrogens with zero attached hydrogens (tertiary/aromatic N) is 4. The molecule has 0 radical (unpaired) electrons. The van der Waals surface area contributed by atoms with Crippen LogP contribution in [0.1, 0.15) is 18.4 Å². The number of likely N-dealkylation sites (N-methyl/N-ethyl adjacent to an activating group) is 1. The second kappa shape index (κ2) is 3.81. The first-order valence-corrected chi connectivity index (χ1v) is 4.92. The Labute approximate surface area is 83.7 Å². The van der Waals surface area contributed by atoms with Gasteiger partial charge < -0.3 is 4.90 Å². The molecule has 4 heteroatoms. The predicted molar refractivity (Wildman–Crippen MR) is 52.6 cm³/mol. The molecule has 1 unspecified atom stereocenters. The van der Waals surface area contributed by atoms with E-state index in [1.807, 2.05) is 10.9 Å². The summed E-state index contributed by atoms with van der Waals surface area (Å²) in [7, 11) is 2.15. The Kier molecular flexibility index (Phi) is 2.51. The van der Waals surface area contributed by atoms with Crippen molar-refractivity contribution in [3.8, 4) is 6.07 Å². The molecule has 0 aliphatic carbocycles. The number of rotatable bonds is 2. The van der Waals surface area contributed by atoms with Gasteiger partial charge in [-0.1, -0.05) is 0 Å². The minimum absolute atomic E-state index is 0.585. The predicted octanol–water partition coefficient (Wildman–Crippen LogP) is 0.849. The maximum Gasteiger partial charge on any atom is 0.102 e. The number of hydrogen-bond acceptors (Lipinski definition) is 3. The summed E-state index contributed by atoms with van der Waals surface area (Å²) in [6.45, 7) is 2.08. The van der Waals surface area contributed by atoms with Gasteiger partial charge in [0.2, 0.25) is 0 Å². The van der Waals surface area contributed by atoms with E-state index in [0.717, 1.165) is 6.54 Å². The highest BCUT2D eigenvalue weighted by molar-refractivity contribution is 5.21. The number of aromatic nitrogens is 2. The van der Waals surface area contributed by atoms with Crippen LogP contribution in [0.15, 0.2) is 12.4 Å². The molecule has 0 saturated carbocycles. The van der Waals surface area contributed by atoms with Crippen LogP contribution in [0.25, 0.3) is 0 Å². The van der Waals surface area contributed by atoms with Crippen LogP contribution >= 0.6 is 0 Å². The number of hydrogen-bond donors (Lipinski definition) is 0. The van der Waals surface area contributed by atoms with E-state index in [0.29, 0.717) is 11.6 Å². The summed E-state index contributed by atoms with van der Waals surface area (Å²) >= 11 is 0. The normalized spacial score (nSPS) is 22.4. The van der Waals surface area contributed by atoms with E-state index in [2.05, 4.69) is 23.1 Å². The average Bonchev–Trinajstić information content (AvgIpc) is 2.77. The zero-order valence-electron chi connectivity index (χ0n) is 8.35. The zero-order valence-corrected chi connectivity index (χ0v) is 8.35. The van der Waals surface area contributed by atoms with Gasteiger partial charge in [-0.15, -0.1) is 0 Å². The summed E-state index contributed by atoms with van der Waals surface area (Å²) in [4.78, 5) is 2.35. The Morgan fingerprint density at radius 2 is 2.57 bits per heavy atom. The Balaban J connectivity index is 2.00. The van der Waals surface area contributed by atoms with Crippen LogP contribution in [0, 0.1) is 11.3 Å². The van der Waals surface area contributed by atoms with Gasteiger partial charge in [0.15, 0.2) is 0 Å². The van der Waals surface area contributed by atoms with Crippen LogP contribution in [0.2, 0.25) is 0 Å². The second-order valence-corrected chi connectivity index (χ2v) is 3.84. The fourth-order valence-corrected chi connectivity index (χ4v) is 1.95. The molecular formula is C10H14N4. The summed E-state index contributed by atoms with van der Waals surface area (Å²) in [6, 6.07) is 2.67. The van der Waals surface area contributed by atoms with Gasteiger partial charge in [-0.05, 0) is 26.4 Å². The Morgan fingerprint density at radius 3 is 3.14 bits per heavy atom. The third kappa shape index (κ3) is 1.78. The van der Waals surface area contributed by atoms with E-state index in [9.17, 15) is 0 Å². The lowest BCUT2D eigenvalue weighted by molar-refractivity contribution is 0.274. The fourth-order valence-electron chi connectivity index (χ4n) is 1.95. The van der Waals surface area contributed by atoms with E-state index in [4.69, 9.17) is 5.26 Å². The summed E-state index contributed by atoms with van der Waals surface area (Å²) in [5.74, 6) is 0. The van der Waals surface area contributed by atoms with Crippen molar-refractivity contribution in [2.45, 2.75) is 25.4 Å². The molecular weight excluding hydrogens is 176 g/mol. The van der Waals surface area contributed by atoms with Crippen LogP contribution in [0.5, 0.6) is 0 Å². The molecule has 14 heavy (non-hydrogen) atoms. The van der Waals surface area contributed by atoms with Crippen LogP contribution < -0.4 is 0 Å². The smallest absolute Gasteiger partial charge is 0.102 e. The molecule has 0 amide bonds. The quantitative estimate of drug-likeness (QED) is 0.694. The average molecular weight is 190 g/mol. The summed E-state index contributed by atoms with van der Waals surface area (Å²) in [5, 5.41) is 12.8.